The van der Waals surface area contributed by atoms with Gasteiger partial charge in [-0.1, -0.05) is 12.8 Å². The molecule has 1 aliphatic heterocycles. The van der Waals surface area contributed by atoms with Crippen molar-refractivity contribution in [2.45, 2.75) is 38.7 Å². The third-order valence-corrected chi connectivity index (χ3v) is 2.77. The first-order chi connectivity index (χ1) is 7.24. The molecule has 1 heterocycles. The maximum atomic E-state index is 10.9. The molecule has 1 aliphatic rings. The van der Waals surface area contributed by atoms with Gasteiger partial charge in [-0.3, -0.25) is 0 Å². The lowest BCUT2D eigenvalue weighted by atomic mass is 10.2. The van der Waals surface area contributed by atoms with Gasteiger partial charge in [0, 0.05) is 13.2 Å². The molecule has 0 aromatic heterocycles. The summed E-state index contributed by atoms with van der Waals surface area (Å²) in [6.07, 6.45) is 4.23. The Hall–Kier alpha value is -0.610. The first kappa shape index (κ1) is 12.5. The summed E-state index contributed by atoms with van der Waals surface area (Å²) in [5.41, 5.74) is 0. The van der Waals surface area contributed by atoms with E-state index in [2.05, 4.69) is 4.90 Å². The molecule has 1 fully saturated rings. The van der Waals surface area contributed by atoms with E-state index < -0.39 is 12.1 Å². The van der Waals surface area contributed by atoms with E-state index >= 15 is 0 Å². The lowest BCUT2D eigenvalue weighted by molar-refractivity contribution is -0.151. The van der Waals surface area contributed by atoms with E-state index in [0.717, 1.165) is 13.1 Å². The number of likely N-dealkylation sites (tertiary alicyclic amines) is 1. The van der Waals surface area contributed by atoms with Crippen LogP contribution in [0.5, 0.6) is 0 Å². The third-order valence-electron chi connectivity index (χ3n) is 2.77. The molecule has 1 atom stereocenters. The molecule has 0 aromatic carbocycles. The Morgan fingerprint density at radius 2 is 1.93 bits per heavy atom. The number of carboxylic acid groups (broad SMARTS) is 1. The SMILES string of the molecule is CCOC(CN1CCCCCC1)C(=O)O. The molecular formula is C11H21NO3. The van der Waals surface area contributed by atoms with Gasteiger partial charge in [-0.15, -0.1) is 0 Å². The van der Waals surface area contributed by atoms with Crippen LogP contribution in [-0.2, 0) is 9.53 Å². The van der Waals surface area contributed by atoms with Crippen molar-refractivity contribution in [2.24, 2.45) is 0 Å². The standard InChI is InChI=1S/C11H21NO3/c1-2-15-10(11(13)14)9-12-7-5-3-4-6-8-12/h10H,2-9H2,1H3,(H,13,14). The number of rotatable bonds is 5. The number of carboxylic acids is 1. The largest absolute Gasteiger partial charge is 0.479 e. The first-order valence-corrected chi connectivity index (χ1v) is 5.80. The summed E-state index contributed by atoms with van der Waals surface area (Å²) in [5.74, 6) is -0.846. The van der Waals surface area contributed by atoms with Crippen molar-refractivity contribution in [1.82, 2.24) is 4.90 Å². The fourth-order valence-electron chi connectivity index (χ4n) is 1.96. The van der Waals surface area contributed by atoms with Gasteiger partial charge in [0.1, 0.15) is 0 Å². The molecular weight excluding hydrogens is 194 g/mol. The van der Waals surface area contributed by atoms with Gasteiger partial charge in [0.2, 0.25) is 0 Å². The molecule has 0 amide bonds. The zero-order chi connectivity index (χ0) is 11.1. The van der Waals surface area contributed by atoms with Gasteiger partial charge < -0.3 is 14.7 Å². The van der Waals surface area contributed by atoms with Gasteiger partial charge in [0.25, 0.3) is 0 Å². The molecule has 15 heavy (non-hydrogen) atoms. The summed E-state index contributed by atoms with van der Waals surface area (Å²) in [6.45, 7) is 4.85. The Kier molecular flexibility index (Phi) is 5.65. The van der Waals surface area contributed by atoms with Crippen LogP contribution in [0, 0.1) is 0 Å². The van der Waals surface area contributed by atoms with Gasteiger partial charge in [0.15, 0.2) is 6.10 Å². The summed E-state index contributed by atoms with van der Waals surface area (Å²) in [6, 6.07) is 0. The Morgan fingerprint density at radius 3 is 2.40 bits per heavy atom. The van der Waals surface area contributed by atoms with Gasteiger partial charge >= 0.3 is 5.97 Å². The minimum atomic E-state index is -0.846. The van der Waals surface area contributed by atoms with E-state index in [1.165, 1.54) is 25.7 Å². The molecule has 0 aromatic rings. The molecule has 0 spiro atoms. The van der Waals surface area contributed by atoms with Gasteiger partial charge in [-0.2, -0.15) is 0 Å². The second-order valence-corrected chi connectivity index (χ2v) is 4.00. The van der Waals surface area contributed by atoms with Crippen LogP contribution in [-0.4, -0.2) is 48.3 Å². The normalized spacial score (nSPS) is 20.9. The molecule has 1 unspecified atom stereocenters. The Labute approximate surface area is 91.2 Å². The molecule has 1 N–H and O–H groups in total. The van der Waals surface area contributed by atoms with Crippen molar-refractivity contribution in [1.29, 1.82) is 0 Å². The van der Waals surface area contributed by atoms with E-state index in [-0.39, 0.29) is 0 Å². The average molecular weight is 215 g/mol. The molecule has 0 saturated carbocycles. The van der Waals surface area contributed by atoms with E-state index in [1.807, 2.05) is 6.92 Å². The summed E-state index contributed by atoms with van der Waals surface area (Å²) in [5, 5.41) is 8.95. The van der Waals surface area contributed by atoms with Crippen LogP contribution >= 0.6 is 0 Å². The van der Waals surface area contributed by atoms with Crippen molar-refractivity contribution in [3.05, 3.63) is 0 Å². The highest BCUT2D eigenvalue weighted by Gasteiger charge is 2.21. The highest BCUT2D eigenvalue weighted by molar-refractivity contribution is 5.72. The van der Waals surface area contributed by atoms with Crippen molar-refractivity contribution >= 4 is 5.97 Å². The predicted octanol–water partition coefficient (Wildman–Crippen LogP) is 1.35. The van der Waals surface area contributed by atoms with Crippen molar-refractivity contribution in [3.63, 3.8) is 0 Å². The highest BCUT2D eigenvalue weighted by atomic mass is 16.5. The van der Waals surface area contributed by atoms with Crippen molar-refractivity contribution in [2.75, 3.05) is 26.2 Å². The van der Waals surface area contributed by atoms with Crippen LogP contribution in [0.2, 0.25) is 0 Å². The smallest absolute Gasteiger partial charge is 0.334 e. The Morgan fingerprint density at radius 1 is 1.33 bits per heavy atom. The third kappa shape index (κ3) is 4.62. The first-order valence-electron chi connectivity index (χ1n) is 5.80. The summed E-state index contributed by atoms with van der Waals surface area (Å²) in [7, 11) is 0. The fraction of sp³-hybridized carbons (Fsp3) is 0.909. The maximum absolute atomic E-state index is 10.9. The summed E-state index contributed by atoms with van der Waals surface area (Å²) < 4.78 is 5.21. The van der Waals surface area contributed by atoms with Crippen molar-refractivity contribution in [3.8, 4) is 0 Å². The zero-order valence-electron chi connectivity index (χ0n) is 9.45. The molecule has 4 heteroatoms. The van der Waals surface area contributed by atoms with E-state index in [1.54, 1.807) is 0 Å². The zero-order valence-corrected chi connectivity index (χ0v) is 9.45. The van der Waals surface area contributed by atoms with Crippen LogP contribution < -0.4 is 0 Å². The second kappa shape index (κ2) is 6.80. The number of hydrogen-bond donors (Lipinski definition) is 1. The van der Waals surface area contributed by atoms with Gasteiger partial charge in [0.05, 0.1) is 0 Å². The molecule has 0 bridgehead atoms. The topological polar surface area (TPSA) is 49.8 Å². The number of ether oxygens (including phenoxy) is 1. The van der Waals surface area contributed by atoms with Crippen LogP contribution in [0.4, 0.5) is 0 Å². The highest BCUT2D eigenvalue weighted by Crippen LogP contribution is 2.10. The summed E-state index contributed by atoms with van der Waals surface area (Å²) in [4.78, 5) is 13.1. The number of aliphatic carboxylic acids is 1. The number of hydrogen-bond acceptors (Lipinski definition) is 3. The molecule has 0 aliphatic carbocycles. The van der Waals surface area contributed by atoms with Crippen LogP contribution in [0.15, 0.2) is 0 Å². The Bertz CT molecular complexity index is 188. The molecule has 88 valence electrons. The van der Waals surface area contributed by atoms with E-state index in [4.69, 9.17) is 9.84 Å². The van der Waals surface area contributed by atoms with Gasteiger partial charge in [-0.25, -0.2) is 4.79 Å². The quantitative estimate of drug-likeness (QED) is 0.752. The van der Waals surface area contributed by atoms with Crippen LogP contribution in [0.25, 0.3) is 0 Å². The lowest BCUT2D eigenvalue weighted by Crippen LogP contribution is -2.39. The maximum Gasteiger partial charge on any atom is 0.334 e. The molecule has 0 radical (unpaired) electrons. The minimum absolute atomic E-state index is 0.463. The minimum Gasteiger partial charge on any atom is -0.479 e. The lowest BCUT2D eigenvalue weighted by Gasteiger charge is -2.23. The second-order valence-electron chi connectivity index (χ2n) is 4.00. The monoisotopic (exact) mass is 215 g/mol. The molecule has 4 nitrogen and oxygen atoms in total. The average Bonchev–Trinajstić information content (AvgIpc) is 2.45. The predicted molar refractivity (Wildman–Crippen MR) is 58.0 cm³/mol. The van der Waals surface area contributed by atoms with Gasteiger partial charge in [-0.05, 0) is 32.9 Å². The number of carbonyl (C=O) groups is 1. The Balaban J connectivity index is 2.37. The van der Waals surface area contributed by atoms with E-state index in [0.29, 0.717) is 13.2 Å². The van der Waals surface area contributed by atoms with E-state index in [9.17, 15) is 4.79 Å². The molecule has 1 rings (SSSR count). The summed E-state index contributed by atoms with van der Waals surface area (Å²) >= 11 is 0. The molecule has 1 saturated heterocycles. The number of nitrogens with zero attached hydrogens (tertiary/aromatic N) is 1. The van der Waals surface area contributed by atoms with Crippen molar-refractivity contribution < 1.29 is 14.6 Å². The fourth-order valence-corrected chi connectivity index (χ4v) is 1.96. The van der Waals surface area contributed by atoms with Crippen LogP contribution in [0.3, 0.4) is 0 Å². The van der Waals surface area contributed by atoms with Crippen LogP contribution in [0.1, 0.15) is 32.6 Å².